The van der Waals surface area contributed by atoms with Crippen LogP contribution in [0, 0.1) is 5.82 Å². The van der Waals surface area contributed by atoms with Gasteiger partial charge in [0.2, 0.25) is 5.82 Å². The maximum Gasteiger partial charge on any atom is 0.329 e. The summed E-state index contributed by atoms with van der Waals surface area (Å²) in [6, 6.07) is 9.94. The van der Waals surface area contributed by atoms with Crippen LogP contribution in [0.15, 0.2) is 46.1 Å². The van der Waals surface area contributed by atoms with E-state index in [0.717, 1.165) is 18.2 Å². The molecule has 2 aromatic rings. The first-order valence-corrected chi connectivity index (χ1v) is 9.04. The molecule has 2 heterocycles. The van der Waals surface area contributed by atoms with Crippen LogP contribution < -0.4 is 11.2 Å². The van der Waals surface area contributed by atoms with Crippen molar-refractivity contribution in [3.63, 3.8) is 0 Å². The second kappa shape index (κ2) is 8.46. The smallest absolute Gasteiger partial charge is 0.329 e. The van der Waals surface area contributed by atoms with Crippen molar-refractivity contribution < 1.29 is 13.9 Å². The second-order valence-corrected chi connectivity index (χ2v) is 6.92. The summed E-state index contributed by atoms with van der Waals surface area (Å²) in [4.78, 5) is 24.8. The number of aromatic nitrogens is 2. The number of thioether (sulfide) groups is 1. The Bertz CT molecular complexity index is 800. The Morgan fingerprint density at radius 3 is 2.84 bits per heavy atom. The molecular weight excluding hydrogens is 347 g/mol. The van der Waals surface area contributed by atoms with Gasteiger partial charge in [-0.2, -0.15) is 4.39 Å². The number of aromatic amines is 1. The lowest BCUT2D eigenvalue weighted by atomic mass is 10.2. The predicted molar refractivity (Wildman–Crippen MR) is 93.2 cm³/mol. The molecule has 0 aliphatic carbocycles. The van der Waals surface area contributed by atoms with Crippen LogP contribution in [0.4, 0.5) is 4.39 Å². The molecule has 1 aromatic carbocycles. The van der Waals surface area contributed by atoms with Gasteiger partial charge in [0, 0.05) is 12.4 Å². The van der Waals surface area contributed by atoms with E-state index < -0.39 is 17.1 Å². The molecule has 8 heteroatoms. The minimum atomic E-state index is -1.00. The number of rotatable bonds is 6. The van der Waals surface area contributed by atoms with Crippen LogP contribution in [0.3, 0.4) is 0 Å². The summed E-state index contributed by atoms with van der Waals surface area (Å²) in [5.41, 5.74) is -0.505. The first-order chi connectivity index (χ1) is 12.1. The highest BCUT2D eigenvalue weighted by atomic mass is 32.2. The lowest BCUT2D eigenvalue weighted by molar-refractivity contribution is 0.0193. The molecule has 0 bridgehead atoms. The summed E-state index contributed by atoms with van der Waals surface area (Å²) in [5.74, 6) is -0.302. The number of halogens is 1. The fourth-order valence-electron chi connectivity index (χ4n) is 2.51. The summed E-state index contributed by atoms with van der Waals surface area (Å²) < 4.78 is 25.9. The number of hydrogen-bond donors (Lipinski definition) is 1. The second-order valence-electron chi connectivity index (χ2n) is 5.71. The van der Waals surface area contributed by atoms with Crippen molar-refractivity contribution in [3.05, 3.63) is 68.7 Å². The fourth-order valence-corrected chi connectivity index (χ4v) is 3.71. The van der Waals surface area contributed by atoms with Gasteiger partial charge in [0.25, 0.3) is 5.56 Å². The third kappa shape index (κ3) is 4.81. The molecule has 1 aliphatic rings. The Balaban J connectivity index is 1.44. The topological polar surface area (TPSA) is 73.3 Å². The molecule has 25 heavy (non-hydrogen) atoms. The van der Waals surface area contributed by atoms with E-state index in [2.05, 4.69) is 0 Å². The van der Waals surface area contributed by atoms with E-state index in [9.17, 15) is 14.0 Å². The Kier molecular flexibility index (Phi) is 6.06. The molecule has 1 aromatic heterocycles. The molecule has 1 fully saturated rings. The summed E-state index contributed by atoms with van der Waals surface area (Å²) in [6.45, 7) is 1.42. The zero-order valence-corrected chi connectivity index (χ0v) is 14.3. The molecule has 0 spiro atoms. The van der Waals surface area contributed by atoms with Gasteiger partial charge < -0.3 is 9.47 Å². The van der Waals surface area contributed by atoms with E-state index in [0.29, 0.717) is 19.0 Å². The van der Waals surface area contributed by atoms with Crippen molar-refractivity contribution in [1.82, 2.24) is 9.55 Å². The van der Waals surface area contributed by atoms with Gasteiger partial charge in [-0.25, -0.2) is 4.79 Å². The van der Waals surface area contributed by atoms with Crippen molar-refractivity contribution in [2.45, 2.75) is 24.5 Å². The molecule has 3 rings (SSSR count). The molecule has 0 radical (unpaired) electrons. The molecule has 1 saturated heterocycles. The Hall–Kier alpha value is -1.90. The van der Waals surface area contributed by atoms with E-state index in [1.54, 1.807) is 0 Å². The van der Waals surface area contributed by atoms with Crippen LogP contribution in [-0.2, 0) is 16.1 Å². The van der Waals surface area contributed by atoms with Gasteiger partial charge >= 0.3 is 5.69 Å². The van der Waals surface area contributed by atoms with Gasteiger partial charge in [-0.1, -0.05) is 30.3 Å². The molecule has 1 N–H and O–H groups in total. The van der Waals surface area contributed by atoms with E-state index in [4.69, 9.17) is 9.47 Å². The number of nitrogens with zero attached hydrogens (tertiary/aromatic N) is 1. The van der Waals surface area contributed by atoms with Crippen LogP contribution in [0.25, 0.3) is 0 Å². The molecular formula is C17H19FN2O4S. The SMILES string of the molecule is O=c1[nH]c(=O)n(C2COC(CCOCc3ccccc3)CS2)cc1F. The fraction of sp³-hybridized carbons (Fsp3) is 0.412. The third-order valence-corrected chi connectivity index (χ3v) is 5.19. The maximum absolute atomic E-state index is 13.4. The third-order valence-electron chi connectivity index (χ3n) is 3.88. The average molecular weight is 366 g/mol. The van der Waals surface area contributed by atoms with Gasteiger partial charge in [-0.05, 0) is 12.0 Å². The average Bonchev–Trinajstić information content (AvgIpc) is 2.63. The highest BCUT2D eigenvalue weighted by molar-refractivity contribution is 7.99. The van der Waals surface area contributed by atoms with Gasteiger partial charge in [-0.15, -0.1) is 11.8 Å². The van der Waals surface area contributed by atoms with E-state index in [-0.39, 0.29) is 18.1 Å². The van der Waals surface area contributed by atoms with E-state index >= 15 is 0 Å². The standard InChI is InChI=1S/C17H19FN2O4S/c18-14-8-20(17(22)19-16(14)21)15-10-24-13(11-25-15)6-7-23-9-12-4-2-1-3-5-12/h1-5,8,13,15H,6-7,9-11H2,(H,19,21,22). The molecule has 134 valence electrons. The predicted octanol–water partition coefficient (Wildman–Crippen LogP) is 1.91. The number of nitrogens with one attached hydrogen (secondary N) is 1. The Morgan fingerprint density at radius 2 is 2.12 bits per heavy atom. The van der Waals surface area contributed by atoms with Crippen molar-refractivity contribution in [1.29, 1.82) is 0 Å². The first kappa shape index (κ1) is 17.9. The van der Waals surface area contributed by atoms with Crippen molar-refractivity contribution >= 4 is 11.8 Å². The van der Waals surface area contributed by atoms with Crippen LogP contribution in [0.2, 0.25) is 0 Å². The first-order valence-electron chi connectivity index (χ1n) is 7.99. The zero-order valence-electron chi connectivity index (χ0n) is 13.5. The lowest BCUT2D eigenvalue weighted by Gasteiger charge is -2.29. The number of ether oxygens (including phenoxy) is 2. The molecule has 2 unspecified atom stereocenters. The molecule has 6 nitrogen and oxygen atoms in total. The van der Waals surface area contributed by atoms with Gasteiger partial charge in [0.15, 0.2) is 0 Å². The summed E-state index contributed by atoms with van der Waals surface area (Å²) >= 11 is 1.50. The minimum absolute atomic E-state index is 0.0281. The normalized spacial score (nSPS) is 20.5. The Morgan fingerprint density at radius 1 is 1.32 bits per heavy atom. The highest BCUT2D eigenvalue weighted by Crippen LogP contribution is 2.29. The number of benzene rings is 1. The monoisotopic (exact) mass is 366 g/mol. The van der Waals surface area contributed by atoms with Crippen LogP contribution >= 0.6 is 11.8 Å². The van der Waals surface area contributed by atoms with Crippen LogP contribution in [0.1, 0.15) is 17.4 Å². The van der Waals surface area contributed by atoms with Gasteiger partial charge in [0.1, 0.15) is 5.37 Å². The molecule has 2 atom stereocenters. The van der Waals surface area contributed by atoms with Gasteiger partial charge in [0.05, 0.1) is 25.5 Å². The number of hydrogen-bond acceptors (Lipinski definition) is 5. The highest BCUT2D eigenvalue weighted by Gasteiger charge is 2.24. The maximum atomic E-state index is 13.4. The van der Waals surface area contributed by atoms with E-state index in [1.165, 1.54) is 16.3 Å². The largest absolute Gasteiger partial charge is 0.377 e. The van der Waals surface area contributed by atoms with Crippen LogP contribution in [0.5, 0.6) is 0 Å². The summed E-state index contributed by atoms with van der Waals surface area (Å²) in [6.07, 6.45) is 1.72. The van der Waals surface area contributed by atoms with E-state index in [1.807, 2.05) is 35.3 Å². The van der Waals surface area contributed by atoms with Crippen LogP contribution in [-0.4, -0.2) is 34.6 Å². The summed E-state index contributed by atoms with van der Waals surface area (Å²) in [7, 11) is 0. The van der Waals surface area contributed by atoms with Crippen molar-refractivity contribution in [3.8, 4) is 0 Å². The molecule has 1 aliphatic heterocycles. The molecule has 0 saturated carbocycles. The summed E-state index contributed by atoms with van der Waals surface area (Å²) in [5, 5.41) is -0.347. The number of H-pyrrole nitrogens is 1. The lowest BCUT2D eigenvalue weighted by Crippen LogP contribution is -2.37. The molecule has 0 amide bonds. The van der Waals surface area contributed by atoms with Crippen molar-refractivity contribution in [2.75, 3.05) is 19.0 Å². The van der Waals surface area contributed by atoms with Gasteiger partial charge in [-0.3, -0.25) is 14.3 Å². The minimum Gasteiger partial charge on any atom is -0.377 e. The quantitative estimate of drug-likeness (QED) is 0.791. The Labute approximate surface area is 148 Å². The van der Waals surface area contributed by atoms with Crippen molar-refractivity contribution in [2.24, 2.45) is 0 Å². The zero-order chi connectivity index (χ0) is 17.6.